The molecule has 0 amide bonds. The number of benzene rings is 1. The first-order chi connectivity index (χ1) is 7.79. The summed E-state index contributed by atoms with van der Waals surface area (Å²) in [4.78, 5) is 3.92. The van der Waals surface area contributed by atoms with Crippen LogP contribution in [0.4, 0.5) is 0 Å². The van der Waals surface area contributed by atoms with Crippen molar-refractivity contribution in [1.29, 1.82) is 0 Å². The maximum Gasteiger partial charge on any atom is 0.137 e. The van der Waals surface area contributed by atoms with E-state index in [1.807, 2.05) is 12.1 Å². The molecule has 1 aromatic heterocycles. The molecule has 0 fully saturated rings. The van der Waals surface area contributed by atoms with Crippen LogP contribution in [-0.2, 0) is 6.54 Å². The minimum Gasteiger partial charge on any atom is -0.330 e. The van der Waals surface area contributed by atoms with Gasteiger partial charge in [0.1, 0.15) is 12.7 Å². The van der Waals surface area contributed by atoms with Gasteiger partial charge in [-0.15, -0.1) is 0 Å². The van der Waals surface area contributed by atoms with Crippen LogP contribution >= 0.6 is 15.9 Å². The van der Waals surface area contributed by atoms with E-state index in [9.17, 15) is 0 Å². The first-order valence-electron chi connectivity index (χ1n) is 5.07. The molecule has 0 radical (unpaired) electrons. The van der Waals surface area contributed by atoms with Gasteiger partial charge in [0.05, 0.1) is 6.54 Å². The summed E-state index contributed by atoms with van der Waals surface area (Å²) in [6, 6.07) is 8.22. The molecule has 1 unspecified atom stereocenters. The van der Waals surface area contributed by atoms with Gasteiger partial charge in [-0.3, -0.25) is 4.68 Å². The molecule has 2 rings (SSSR count). The number of hydrogen-bond acceptors (Lipinski definition) is 3. The van der Waals surface area contributed by atoms with Crippen LogP contribution in [0.15, 0.2) is 41.4 Å². The minimum absolute atomic E-state index is 0.273. The molecule has 0 saturated carbocycles. The van der Waals surface area contributed by atoms with E-state index < -0.39 is 0 Å². The number of nitrogens with zero attached hydrogens (tertiary/aromatic N) is 3. The zero-order chi connectivity index (χ0) is 11.4. The lowest BCUT2D eigenvalue weighted by Gasteiger charge is -2.14. The number of rotatable bonds is 4. The van der Waals surface area contributed by atoms with E-state index in [-0.39, 0.29) is 5.92 Å². The third-order valence-corrected chi connectivity index (χ3v) is 3.03. The Morgan fingerprint density at radius 3 is 2.62 bits per heavy atom. The van der Waals surface area contributed by atoms with Gasteiger partial charge in [0.2, 0.25) is 0 Å². The molecule has 2 N–H and O–H groups in total. The summed E-state index contributed by atoms with van der Waals surface area (Å²) < 4.78 is 2.88. The Balaban J connectivity index is 2.13. The molecule has 1 aromatic carbocycles. The quantitative estimate of drug-likeness (QED) is 0.929. The van der Waals surface area contributed by atoms with E-state index in [0.717, 1.165) is 11.0 Å². The standard InChI is InChI=1S/C11H13BrN4/c12-11-3-1-9(2-4-11)10(5-13)6-16-8-14-7-15-16/h1-4,7-8,10H,5-6,13H2. The summed E-state index contributed by atoms with van der Waals surface area (Å²) in [5, 5.41) is 4.09. The molecular formula is C11H13BrN4. The fourth-order valence-electron chi connectivity index (χ4n) is 1.60. The van der Waals surface area contributed by atoms with Crippen LogP contribution in [0.25, 0.3) is 0 Å². The third kappa shape index (κ3) is 2.68. The normalized spacial score (nSPS) is 12.6. The molecule has 2 aromatic rings. The summed E-state index contributed by atoms with van der Waals surface area (Å²) in [7, 11) is 0. The van der Waals surface area contributed by atoms with Crippen molar-refractivity contribution in [3.05, 3.63) is 47.0 Å². The second-order valence-electron chi connectivity index (χ2n) is 3.60. The molecule has 1 atom stereocenters. The van der Waals surface area contributed by atoms with Crippen molar-refractivity contribution in [2.24, 2.45) is 5.73 Å². The highest BCUT2D eigenvalue weighted by Crippen LogP contribution is 2.19. The van der Waals surface area contributed by atoms with Crippen LogP contribution in [0.5, 0.6) is 0 Å². The van der Waals surface area contributed by atoms with Gasteiger partial charge in [-0.1, -0.05) is 28.1 Å². The van der Waals surface area contributed by atoms with Gasteiger partial charge in [-0.05, 0) is 17.7 Å². The monoisotopic (exact) mass is 280 g/mol. The average Bonchev–Trinajstić information content (AvgIpc) is 2.80. The highest BCUT2D eigenvalue weighted by Gasteiger charge is 2.10. The van der Waals surface area contributed by atoms with Gasteiger partial charge in [0.25, 0.3) is 0 Å². The zero-order valence-corrected chi connectivity index (χ0v) is 10.3. The smallest absolute Gasteiger partial charge is 0.137 e. The Morgan fingerprint density at radius 2 is 2.06 bits per heavy atom. The molecule has 0 aliphatic heterocycles. The maximum atomic E-state index is 5.79. The van der Waals surface area contributed by atoms with Crippen LogP contribution in [0.3, 0.4) is 0 Å². The molecule has 0 aliphatic rings. The fourth-order valence-corrected chi connectivity index (χ4v) is 1.87. The van der Waals surface area contributed by atoms with Crippen LogP contribution in [0.2, 0.25) is 0 Å². The largest absolute Gasteiger partial charge is 0.330 e. The summed E-state index contributed by atoms with van der Waals surface area (Å²) in [5.74, 6) is 0.273. The van der Waals surface area contributed by atoms with Gasteiger partial charge < -0.3 is 5.73 Å². The highest BCUT2D eigenvalue weighted by molar-refractivity contribution is 9.10. The lowest BCUT2D eigenvalue weighted by molar-refractivity contribution is 0.520. The molecule has 4 nitrogen and oxygen atoms in total. The average molecular weight is 281 g/mol. The summed E-state index contributed by atoms with van der Waals surface area (Å²) in [6.45, 7) is 1.36. The second kappa shape index (κ2) is 5.23. The third-order valence-electron chi connectivity index (χ3n) is 2.50. The topological polar surface area (TPSA) is 56.7 Å². The lowest BCUT2D eigenvalue weighted by atomic mass is 9.99. The predicted octanol–water partition coefficient (Wildman–Crippen LogP) is 1.78. The van der Waals surface area contributed by atoms with Gasteiger partial charge >= 0.3 is 0 Å². The molecule has 84 valence electrons. The second-order valence-corrected chi connectivity index (χ2v) is 4.52. The van der Waals surface area contributed by atoms with Crippen molar-refractivity contribution in [1.82, 2.24) is 14.8 Å². The molecule has 0 aliphatic carbocycles. The minimum atomic E-state index is 0.273. The van der Waals surface area contributed by atoms with Crippen molar-refractivity contribution in [3.8, 4) is 0 Å². The van der Waals surface area contributed by atoms with Crippen molar-refractivity contribution < 1.29 is 0 Å². The lowest BCUT2D eigenvalue weighted by Crippen LogP contribution is -2.18. The number of hydrogen-bond donors (Lipinski definition) is 1. The van der Waals surface area contributed by atoms with E-state index in [1.54, 1.807) is 11.0 Å². The molecule has 1 heterocycles. The van der Waals surface area contributed by atoms with E-state index in [2.05, 4.69) is 38.1 Å². The van der Waals surface area contributed by atoms with Crippen LogP contribution < -0.4 is 5.73 Å². The van der Waals surface area contributed by atoms with E-state index in [1.165, 1.54) is 11.9 Å². The zero-order valence-electron chi connectivity index (χ0n) is 8.75. The Labute approximate surface area is 103 Å². The van der Waals surface area contributed by atoms with E-state index in [4.69, 9.17) is 5.73 Å². The van der Waals surface area contributed by atoms with E-state index >= 15 is 0 Å². The first kappa shape index (κ1) is 11.3. The van der Waals surface area contributed by atoms with Crippen LogP contribution in [0.1, 0.15) is 11.5 Å². The Kier molecular flexibility index (Phi) is 3.69. The Morgan fingerprint density at radius 1 is 1.31 bits per heavy atom. The number of halogens is 1. The summed E-state index contributed by atoms with van der Waals surface area (Å²) in [5.41, 5.74) is 7.01. The highest BCUT2D eigenvalue weighted by atomic mass is 79.9. The maximum absolute atomic E-state index is 5.79. The molecule has 0 spiro atoms. The number of aromatic nitrogens is 3. The van der Waals surface area contributed by atoms with Gasteiger partial charge in [-0.2, -0.15) is 5.10 Å². The van der Waals surface area contributed by atoms with Crippen molar-refractivity contribution >= 4 is 15.9 Å². The summed E-state index contributed by atoms with van der Waals surface area (Å²) >= 11 is 3.42. The molecular weight excluding hydrogens is 268 g/mol. The molecule has 0 bridgehead atoms. The Hall–Kier alpha value is -1.20. The molecule has 0 saturated heterocycles. The van der Waals surface area contributed by atoms with Gasteiger partial charge in [0, 0.05) is 16.9 Å². The number of nitrogens with two attached hydrogens (primary N) is 1. The molecule has 5 heteroatoms. The van der Waals surface area contributed by atoms with E-state index in [0.29, 0.717) is 6.54 Å². The Bertz CT molecular complexity index is 424. The van der Waals surface area contributed by atoms with Crippen LogP contribution in [-0.4, -0.2) is 21.3 Å². The molecule has 16 heavy (non-hydrogen) atoms. The van der Waals surface area contributed by atoms with Crippen molar-refractivity contribution in [2.45, 2.75) is 12.5 Å². The van der Waals surface area contributed by atoms with Gasteiger partial charge in [-0.25, -0.2) is 4.98 Å². The summed E-state index contributed by atoms with van der Waals surface area (Å²) in [6.07, 6.45) is 3.25. The fraction of sp³-hybridized carbons (Fsp3) is 0.273. The SMILES string of the molecule is NCC(Cn1cncn1)c1ccc(Br)cc1. The van der Waals surface area contributed by atoms with Crippen molar-refractivity contribution in [3.63, 3.8) is 0 Å². The van der Waals surface area contributed by atoms with Gasteiger partial charge in [0.15, 0.2) is 0 Å². The van der Waals surface area contributed by atoms with Crippen LogP contribution in [0, 0.1) is 0 Å². The predicted molar refractivity (Wildman–Crippen MR) is 66.0 cm³/mol. The first-order valence-corrected chi connectivity index (χ1v) is 5.87. The van der Waals surface area contributed by atoms with Crippen molar-refractivity contribution in [2.75, 3.05) is 6.54 Å².